The van der Waals surface area contributed by atoms with E-state index in [0.29, 0.717) is 23.4 Å². The normalized spacial score (nSPS) is 12.4. The quantitative estimate of drug-likeness (QED) is 0.557. The number of para-hydroxylation sites is 1. The number of benzene rings is 3. The third kappa shape index (κ3) is 4.62. The summed E-state index contributed by atoms with van der Waals surface area (Å²) in [5.74, 6) is -0.309. The van der Waals surface area contributed by atoms with E-state index in [1.54, 1.807) is 29.2 Å². The molecule has 1 aliphatic heterocycles. The Hall–Kier alpha value is -3.73. The molecule has 1 heterocycles. The number of aryl methyl sites for hydroxylation is 2. The fourth-order valence-electron chi connectivity index (χ4n) is 4.02. The molecular weight excluding hydrogens is 400 g/mol. The minimum atomic E-state index is -0.226. The maximum atomic E-state index is 12.9. The third-order valence-corrected chi connectivity index (χ3v) is 5.82. The van der Waals surface area contributed by atoms with Crippen LogP contribution in [0, 0.1) is 13.8 Å². The number of nitrogens with zero attached hydrogens (tertiary/aromatic N) is 1. The number of hydrogen-bond donors (Lipinski definition) is 1. The molecule has 0 unspecified atom stereocenters. The van der Waals surface area contributed by atoms with Gasteiger partial charge in [-0.15, -0.1) is 0 Å². The molecule has 2 amide bonds. The Bertz CT molecular complexity index is 1180. The Morgan fingerprint density at radius 1 is 0.906 bits per heavy atom. The summed E-state index contributed by atoms with van der Waals surface area (Å²) in [6.07, 6.45) is 1.12. The van der Waals surface area contributed by atoms with E-state index in [1.807, 2.05) is 56.3 Å². The number of fused-ring (bicyclic) bond motifs is 1. The zero-order chi connectivity index (χ0) is 22.7. The van der Waals surface area contributed by atoms with Gasteiger partial charge in [-0.05, 0) is 67.8 Å². The first-order valence-electron chi connectivity index (χ1n) is 10.8. The van der Waals surface area contributed by atoms with Crippen LogP contribution in [0.4, 0.5) is 11.4 Å². The maximum Gasteiger partial charge on any atom is 0.258 e. The largest absolute Gasteiger partial charge is 0.326 e. The second-order valence-corrected chi connectivity index (χ2v) is 8.20. The molecule has 1 N–H and O–H groups in total. The highest BCUT2D eigenvalue weighted by atomic mass is 16.2. The van der Waals surface area contributed by atoms with Gasteiger partial charge in [0.1, 0.15) is 0 Å². The van der Waals surface area contributed by atoms with Crippen LogP contribution < -0.4 is 10.2 Å². The number of hydrogen-bond acceptors (Lipinski definition) is 3. The number of carbonyl (C=O) groups excluding carboxylic acids is 3. The van der Waals surface area contributed by atoms with Crippen molar-refractivity contribution in [3.8, 4) is 0 Å². The molecule has 3 aromatic rings. The van der Waals surface area contributed by atoms with Crippen LogP contribution in [-0.2, 0) is 11.2 Å². The molecule has 0 radical (unpaired) electrons. The molecule has 5 heteroatoms. The summed E-state index contributed by atoms with van der Waals surface area (Å²) in [4.78, 5) is 39.5. The van der Waals surface area contributed by atoms with Crippen LogP contribution in [-0.4, -0.2) is 24.1 Å². The molecule has 0 bridgehead atoms. The van der Waals surface area contributed by atoms with Crippen LogP contribution >= 0.6 is 0 Å². The number of amides is 2. The van der Waals surface area contributed by atoms with Gasteiger partial charge < -0.3 is 10.2 Å². The lowest BCUT2D eigenvalue weighted by Crippen LogP contribution is -2.28. The lowest BCUT2D eigenvalue weighted by atomic mass is 9.99. The Kier molecular flexibility index (Phi) is 6.17. The van der Waals surface area contributed by atoms with E-state index >= 15 is 0 Å². The van der Waals surface area contributed by atoms with Gasteiger partial charge in [-0.1, -0.05) is 35.9 Å². The lowest BCUT2D eigenvalue weighted by Gasteiger charge is -2.17. The van der Waals surface area contributed by atoms with Crippen molar-refractivity contribution in [3.05, 3.63) is 94.5 Å². The average molecular weight is 427 g/mol. The molecule has 0 atom stereocenters. The molecule has 0 aliphatic carbocycles. The van der Waals surface area contributed by atoms with Gasteiger partial charge >= 0.3 is 0 Å². The van der Waals surface area contributed by atoms with Gasteiger partial charge in [0.15, 0.2) is 5.78 Å². The number of Topliss-reactive ketones (excluding diaryl/α,β-unsaturated/α-hetero) is 1. The molecule has 162 valence electrons. The van der Waals surface area contributed by atoms with Crippen molar-refractivity contribution in [1.29, 1.82) is 0 Å². The first-order valence-corrected chi connectivity index (χ1v) is 10.8. The number of ketones is 1. The molecule has 0 saturated heterocycles. The van der Waals surface area contributed by atoms with Crippen molar-refractivity contribution < 1.29 is 14.4 Å². The summed E-state index contributed by atoms with van der Waals surface area (Å²) >= 11 is 0. The molecule has 0 aromatic heterocycles. The van der Waals surface area contributed by atoms with E-state index in [0.717, 1.165) is 23.2 Å². The topological polar surface area (TPSA) is 66.5 Å². The smallest absolute Gasteiger partial charge is 0.258 e. The van der Waals surface area contributed by atoms with Crippen LogP contribution in [0.5, 0.6) is 0 Å². The van der Waals surface area contributed by atoms with Gasteiger partial charge in [-0.25, -0.2) is 0 Å². The number of rotatable bonds is 6. The maximum absolute atomic E-state index is 12.9. The Morgan fingerprint density at radius 3 is 2.44 bits per heavy atom. The van der Waals surface area contributed by atoms with Gasteiger partial charge in [-0.2, -0.15) is 0 Å². The van der Waals surface area contributed by atoms with E-state index in [-0.39, 0.29) is 30.4 Å². The molecule has 32 heavy (non-hydrogen) atoms. The predicted molar refractivity (Wildman–Crippen MR) is 126 cm³/mol. The summed E-state index contributed by atoms with van der Waals surface area (Å²) in [5.41, 5.74) is 5.93. The molecule has 1 aliphatic rings. The van der Waals surface area contributed by atoms with Gasteiger partial charge in [0.25, 0.3) is 5.91 Å². The second-order valence-electron chi connectivity index (χ2n) is 8.20. The minimum absolute atomic E-state index is 0.0341. The monoisotopic (exact) mass is 426 g/mol. The van der Waals surface area contributed by atoms with Crippen LogP contribution in [0.3, 0.4) is 0 Å². The molecular formula is C27H26N2O3. The SMILES string of the molecule is Cc1ccc(C)c(C(=O)CCC(=O)Nc2ccc(C(=O)N3CCc4ccccc43)cc2)c1. The standard InChI is InChI=1S/C27H26N2O3/c1-18-7-8-19(2)23(17-18)25(30)13-14-26(31)28-22-11-9-21(10-12-22)27(32)29-16-15-20-5-3-4-6-24(20)29/h3-12,17H,13-16H2,1-2H3,(H,28,31). The summed E-state index contributed by atoms with van der Waals surface area (Å²) in [5, 5.41) is 2.81. The van der Waals surface area contributed by atoms with E-state index < -0.39 is 0 Å². The van der Waals surface area contributed by atoms with Crippen LogP contribution in [0.2, 0.25) is 0 Å². The van der Waals surface area contributed by atoms with E-state index in [2.05, 4.69) is 5.32 Å². The predicted octanol–water partition coefficient (Wildman–Crippen LogP) is 5.11. The highest BCUT2D eigenvalue weighted by molar-refractivity contribution is 6.07. The van der Waals surface area contributed by atoms with Crippen molar-refractivity contribution >= 4 is 29.0 Å². The Morgan fingerprint density at radius 2 is 1.66 bits per heavy atom. The summed E-state index contributed by atoms with van der Waals surface area (Å²) < 4.78 is 0. The number of nitrogens with one attached hydrogen (secondary N) is 1. The highest BCUT2D eigenvalue weighted by Crippen LogP contribution is 2.29. The van der Waals surface area contributed by atoms with Crippen LogP contribution in [0.15, 0.2) is 66.7 Å². The van der Waals surface area contributed by atoms with Crippen molar-refractivity contribution in [2.24, 2.45) is 0 Å². The van der Waals surface area contributed by atoms with Crippen molar-refractivity contribution in [1.82, 2.24) is 0 Å². The third-order valence-electron chi connectivity index (χ3n) is 5.82. The Balaban J connectivity index is 1.33. The summed E-state index contributed by atoms with van der Waals surface area (Å²) in [6, 6.07) is 20.6. The molecule has 0 saturated carbocycles. The van der Waals surface area contributed by atoms with E-state index in [1.165, 1.54) is 5.56 Å². The second kappa shape index (κ2) is 9.18. The van der Waals surface area contributed by atoms with Gasteiger partial charge in [-0.3, -0.25) is 14.4 Å². The number of carbonyl (C=O) groups is 3. The summed E-state index contributed by atoms with van der Waals surface area (Å²) in [7, 11) is 0. The zero-order valence-electron chi connectivity index (χ0n) is 18.4. The first kappa shape index (κ1) is 21.5. The molecule has 5 nitrogen and oxygen atoms in total. The summed E-state index contributed by atoms with van der Waals surface area (Å²) in [6.45, 7) is 4.52. The molecule has 0 fully saturated rings. The van der Waals surface area contributed by atoms with Crippen molar-refractivity contribution in [2.45, 2.75) is 33.1 Å². The van der Waals surface area contributed by atoms with Crippen molar-refractivity contribution in [2.75, 3.05) is 16.8 Å². The van der Waals surface area contributed by atoms with Crippen LogP contribution in [0.1, 0.15) is 50.2 Å². The average Bonchev–Trinajstić information content (AvgIpc) is 3.23. The van der Waals surface area contributed by atoms with Gasteiger partial charge in [0.05, 0.1) is 0 Å². The number of anilines is 2. The van der Waals surface area contributed by atoms with E-state index in [4.69, 9.17) is 0 Å². The minimum Gasteiger partial charge on any atom is -0.326 e. The molecule has 4 rings (SSSR count). The van der Waals surface area contributed by atoms with Crippen LogP contribution in [0.25, 0.3) is 0 Å². The fraction of sp³-hybridized carbons (Fsp3) is 0.222. The molecule has 0 spiro atoms. The lowest BCUT2D eigenvalue weighted by molar-refractivity contribution is -0.116. The van der Waals surface area contributed by atoms with E-state index in [9.17, 15) is 14.4 Å². The molecule has 3 aromatic carbocycles. The first-order chi connectivity index (χ1) is 15.4. The van der Waals surface area contributed by atoms with Crippen molar-refractivity contribution in [3.63, 3.8) is 0 Å². The van der Waals surface area contributed by atoms with Gasteiger partial charge in [0.2, 0.25) is 5.91 Å². The fourth-order valence-corrected chi connectivity index (χ4v) is 4.02. The zero-order valence-corrected chi connectivity index (χ0v) is 18.4. The Labute approximate surface area is 188 Å². The van der Waals surface area contributed by atoms with Gasteiger partial charge in [0, 0.05) is 41.9 Å². The highest BCUT2D eigenvalue weighted by Gasteiger charge is 2.25.